The van der Waals surface area contributed by atoms with Crippen LogP contribution in [-0.4, -0.2) is 42.5 Å². The summed E-state index contributed by atoms with van der Waals surface area (Å²) in [4.78, 5) is 32.5. The van der Waals surface area contributed by atoms with E-state index in [-0.39, 0.29) is 17.2 Å². The number of H-pyrrole nitrogens is 1. The molecule has 192 valence electrons. The summed E-state index contributed by atoms with van der Waals surface area (Å²) in [6.07, 6.45) is 4.00. The Bertz CT molecular complexity index is 1430. The lowest BCUT2D eigenvalue weighted by atomic mass is 9.81. The van der Waals surface area contributed by atoms with Crippen molar-refractivity contribution in [2.45, 2.75) is 25.7 Å². The van der Waals surface area contributed by atoms with Crippen LogP contribution in [0.25, 0.3) is 10.9 Å². The molecule has 3 N–H and O–H groups in total. The fraction of sp³-hybridized carbons (Fsp3) is 0.250. The molecule has 2 aromatic carbocycles. The third-order valence-electron chi connectivity index (χ3n) is 6.38. The summed E-state index contributed by atoms with van der Waals surface area (Å²) >= 11 is 5.99. The molecule has 0 unspecified atom stereocenters. The van der Waals surface area contributed by atoms with Gasteiger partial charge in [0.2, 0.25) is 0 Å². The number of anilines is 1. The van der Waals surface area contributed by atoms with Crippen LogP contribution in [0.4, 0.5) is 5.69 Å². The van der Waals surface area contributed by atoms with Gasteiger partial charge in [0.25, 0.3) is 11.8 Å². The standard InChI is InChI=1S/C28H29ClN4O4/c1-28(2,11-12-30-27(35)21-15-31-22-16-32-25(29)14-20(21)22)18-6-8-19(9-7-18)33-26(34)17-5-10-23(36-3)24(13-17)37-4/h5-10,13-16,31H,11-12H2,1-4H3,(H,30,35)(H,33,34). The summed E-state index contributed by atoms with van der Waals surface area (Å²) < 4.78 is 10.5. The smallest absolute Gasteiger partial charge is 0.255 e. The van der Waals surface area contributed by atoms with E-state index in [1.807, 2.05) is 24.3 Å². The Hall–Kier alpha value is -4.04. The molecule has 4 aromatic rings. The van der Waals surface area contributed by atoms with Gasteiger partial charge in [0, 0.05) is 29.4 Å². The van der Waals surface area contributed by atoms with Gasteiger partial charge in [-0.1, -0.05) is 37.6 Å². The number of hydrogen-bond acceptors (Lipinski definition) is 5. The fourth-order valence-corrected chi connectivity index (χ4v) is 4.25. The van der Waals surface area contributed by atoms with Gasteiger partial charge < -0.3 is 25.1 Å². The molecule has 0 aliphatic heterocycles. The number of nitrogens with one attached hydrogen (secondary N) is 3. The average Bonchev–Trinajstić information content (AvgIpc) is 3.31. The first kappa shape index (κ1) is 26.0. The van der Waals surface area contributed by atoms with Gasteiger partial charge in [-0.2, -0.15) is 0 Å². The van der Waals surface area contributed by atoms with Crippen LogP contribution in [0.1, 0.15) is 46.5 Å². The van der Waals surface area contributed by atoms with Gasteiger partial charge in [-0.15, -0.1) is 0 Å². The molecule has 0 spiro atoms. The minimum absolute atomic E-state index is 0.169. The topological polar surface area (TPSA) is 105 Å². The van der Waals surface area contributed by atoms with Crippen molar-refractivity contribution in [1.29, 1.82) is 0 Å². The van der Waals surface area contributed by atoms with Crippen LogP contribution in [0.5, 0.6) is 11.5 Å². The summed E-state index contributed by atoms with van der Waals surface area (Å²) in [5, 5.41) is 6.98. The predicted octanol–water partition coefficient (Wildman–Crippen LogP) is 5.58. The molecule has 4 rings (SSSR count). The number of halogens is 1. The van der Waals surface area contributed by atoms with E-state index in [2.05, 4.69) is 34.4 Å². The van der Waals surface area contributed by atoms with Crippen LogP contribution in [0, 0.1) is 0 Å². The Morgan fingerprint density at radius 2 is 1.73 bits per heavy atom. The number of carbonyl (C=O) groups excluding carboxylic acids is 2. The Labute approximate surface area is 220 Å². The minimum Gasteiger partial charge on any atom is -0.493 e. The second-order valence-corrected chi connectivity index (χ2v) is 9.63. The van der Waals surface area contributed by atoms with Crippen molar-refractivity contribution in [2.24, 2.45) is 0 Å². The molecule has 0 radical (unpaired) electrons. The number of nitrogens with zero attached hydrogens (tertiary/aromatic N) is 1. The lowest BCUT2D eigenvalue weighted by Gasteiger charge is -2.25. The number of benzene rings is 2. The Morgan fingerprint density at radius 3 is 2.43 bits per heavy atom. The molecule has 0 aliphatic rings. The first-order chi connectivity index (χ1) is 17.7. The van der Waals surface area contributed by atoms with E-state index in [1.54, 1.807) is 43.8 Å². The van der Waals surface area contributed by atoms with Crippen LogP contribution >= 0.6 is 11.6 Å². The van der Waals surface area contributed by atoms with Crippen LogP contribution < -0.4 is 20.1 Å². The summed E-state index contributed by atoms with van der Waals surface area (Å²) in [5.41, 5.74) is 3.33. The largest absolute Gasteiger partial charge is 0.493 e. The van der Waals surface area contributed by atoms with E-state index < -0.39 is 0 Å². The second-order valence-electron chi connectivity index (χ2n) is 9.25. The minimum atomic E-state index is -0.245. The fourth-order valence-electron chi connectivity index (χ4n) is 4.10. The maximum atomic E-state index is 12.7. The third kappa shape index (κ3) is 5.86. The van der Waals surface area contributed by atoms with Crippen LogP contribution in [0.2, 0.25) is 5.15 Å². The van der Waals surface area contributed by atoms with E-state index in [0.29, 0.717) is 40.0 Å². The number of fused-ring (bicyclic) bond motifs is 1. The molecule has 0 fully saturated rings. The first-order valence-corrected chi connectivity index (χ1v) is 12.1. The Kier molecular flexibility index (Phi) is 7.69. The number of aromatic nitrogens is 2. The van der Waals surface area contributed by atoms with Crippen molar-refractivity contribution >= 4 is 40.0 Å². The lowest BCUT2D eigenvalue weighted by molar-refractivity contribution is 0.0952. The SMILES string of the molecule is COc1ccc(C(=O)Nc2ccc(C(C)(C)CCNC(=O)c3c[nH]c4cnc(Cl)cc34)cc2)cc1OC. The highest BCUT2D eigenvalue weighted by atomic mass is 35.5. The van der Waals surface area contributed by atoms with Crippen molar-refractivity contribution in [3.05, 3.63) is 82.8 Å². The maximum absolute atomic E-state index is 12.7. The number of rotatable bonds is 9. The summed E-state index contributed by atoms with van der Waals surface area (Å²) in [7, 11) is 3.08. The number of hydrogen-bond donors (Lipinski definition) is 3. The quantitative estimate of drug-likeness (QED) is 0.250. The van der Waals surface area contributed by atoms with E-state index in [9.17, 15) is 9.59 Å². The average molecular weight is 521 g/mol. The molecular formula is C28H29ClN4O4. The Morgan fingerprint density at radius 1 is 1.00 bits per heavy atom. The van der Waals surface area contributed by atoms with Gasteiger partial charge in [-0.3, -0.25) is 9.59 Å². The molecule has 0 bridgehead atoms. The first-order valence-electron chi connectivity index (χ1n) is 11.8. The van der Waals surface area contributed by atoms with Crippen molar-refractivity contribution in [3.8, 4) is 11.5 Å². The highest BCUT2D eigenvalue weighted by Crippen LogP contribution is 2.30. The number of methoxy groups -OCH3 is 2. The van der Waals surface area contributed by atoms with Gasteiger partial charge in [-0.25, -0.2) is 4.98 Å². The monoisotopic (exact) mass is 520 g/mol. The molecule has 2 heterocycles. The zero-order valence-corrected chi connectivity index (χ0v) is 21.9. The molecule has 37 heavy (non-hydrogen) atoms. The predicted molar refractivity (Wildman–Crippen MR) is 145 cm³/mol. The van der Waals surface area contributed by atoms with Gasteiger partial charge in [-0.05, 0) is 53.8 Å². The molecule has 2 amide bonds. The van der Waals surface area contributed by atoms with Crippen LogP contribution in [0.15, 0.2) is 60.9 Å². The van der Waals surface area contributed by atoms with E-state index in [0.717, 1.165) is 22.9 Å². The molecule has 9 heteroatoms. The molecular weight excluding hydrogens is 492 g/mol. The molecule has 8 nitrogen and oxygen atoms in total. The highest BCUT2D eigenvalue weighted by molar-refractivity contribution is 6.30. The van der Waals surface area contributed by atoms with Gasteiger partial charge in [0.1, 0.15) is 5.15 Å². The molecule has 0 saturated heterocycles. The normalized spacial score (nSPS) is 11.3. The van der Waals surface area contributed by atoms with Crippen molar-refractivity contribution in [3.63, 3.8) is 0 Å². The molecule has 0 atom stereocenters. The lowest BCUT2D eigenvalue weighted by Crippen LogP contribution is -2.29. The molecule has 0 saturated carbocycles. The van der Waals surface area contributed by atoms with Gasteiger partial charge >= 0.3 is 0 Å². The van der Waals surface area contributed by atoms with E-state index in [1.165, 1.54) is 7.11 Å². The zero-order valence-electron chi connectivity index (χ0n) is 21.1. The van der Waals surface area contributed by atoms with Crippen molar-refractivity contribution in [1.82, 2.24) is 15.3 Å². The van der Waals surface area contributed by atoms with Crippen LogP contribution in [-0.2, 0) is 5.41 Å². The number of carbonyl (C=O) groups is 2. The van der Waals surface area contributed by atoms with Gasteiger partial charge in [0.05, 0.1) is 31.5 Å². The third-order valence-corrected chi connectivity index (χ3v) is 6.59. The molecule has 0 aliphatic carbocycles. The maximum Gasteiger partial charge on any atom is 0.255 e. The van der Waals surface area contributed by atoms with E-state index >= 15 is 0 Å². The molecule has 2 aromatic heterocycles. The number of amides is 2. The van der Waals surface area contributed by atoms with E-state index in [4.69, 9.17) is 21.1 Å². The van der Waals surface area contributed by atoms with Crippen LogP contribution in [0.3, 0.4) is 0 Å². The summed E-state index contributed by atoms with van der Waals surface area (Å²) in [5.74, 6) is 0.636. The number of aromatic amines is 1. The summed E-state index contributed by atoms with van der Waals surface area (Å²) in [6.45, 7) is 4.73. The van der Waals surface area contributed by atoms with Crippen molar-refractivity contribution in [2.75, 3.05) is 26.1 Å². The number of pyridine rings is 1. The zero-order chi connectivity index (χ0) is 26.6. The second kappa shape index (κ2) is 10.9. The van der Waals surface area contributed by atoms with Gasteiger partial charge in [0.15, 0.2) is 11.5 Å². The number of ether oxygens (including phenoxy) is 2. The summed E-state index contributed by atoms with van der Waals surface area (Å²) in [6, 6.07) is 14.4. The Balaban J connectivity index is 1.35. The highest BCUT2D eigenvalue weighted by Gasteiger charge is 2.21. The van der Waals surface area contributed by atoms with Crippen molar-refractivity contribution < 1.29 is 19.1 Å².